The summed E-state index contributed by atoms with van der Waals surface area (Å²) in [5.74, 6) is 0. The van der Waals surface area contributed by atoms with E-state index in [2.05, 4.69) is 47.8 Å². The lowest BCUT2D eigenvalue weighted by Crippen LogP contribution is -2.17. The molecule has 0 aliphatic heterocycles. The molecule has 1 aromatic carbocycles. The Morgan fingerprint density at radius 2 is 1.94 bits per heavy atom. The van der Waals surface area contributed by atoms with Crippen LogP contribution in [0, 0.1) is 13.8 Å². The smallest absolute Gasteiger partial charge is 0.0952 e. The maximum absolute atomic E-state index is 5.79. The lowest BCUT2D eigenvalue weighted by Gasteiger charge is -2.10. The minimum Gasteiger partial charge on any atom is -0.333 e. The average Bonchev–Trinajstić information content (AvgIpc) is 2.70. The van der Waals surface area contributed by atoms with E-state index in [1.54, 1.807) is 0 Å². The standard InChI is InChI=1S/C15H21N3/c1-11-5-4-6-12(2)15(11)9-18-8-14(17-10-18)7-13(3)16/h4-6,8,10,13H,7,9,16H2,1-3H3. The molecular formula is C15H21N3. The van der Waals surface area contributed by atoms with Gasteiger partial charge in [-0.25, -0.2) is 4.98 Å². The van der Waals surface area contributed by atoms with Gasteiger partial charge in [0.2, 0.25) is 0 Å². The van der Waals surface area contributed by atoms with Crippen molar-refractivity contribution in [2.45, 2.75) is 39.8 Å². The third-order valence-corrected chi connectivity index (χ3v) is 3.20. The average molecular weight is 243 g/mol. The molecule has 0 radical (unpaired) electrons. The number of aromatic nitrogens is 2. The van der Waals surface area contributed by atoms with Crippen molar-refractivity contribution in [2.75, 3.05) is 0 Å². The summed E-state index contributed by atoms with van der Waals surface area (Å²) in [5, 5.41) is 0. The molecule has 0 amide bonds. The summed E-state index contributed by atoms with van der Waals surface area (Å²) in [6, 6.07) is 6.57. The van der Waals surface area contributed by atoms with E-state index in [9.17, 15) is 0 Å². The molecule has 2 rings (SSSR count). The monoisotopic (exact) mass is 243 g/mol. The first-order valence-corrected chi connectivity index (χ1v) is 6.37. The summed E-state index contributed by atoms with van der Waals surface area (Å²) in [4.78, 5) is 4.39. The zero-order chi connectivity index (χ0) is 13.1. The molecule has 0 aliphatic carbocycles. The first-order chi connectivity index (χ1) is 8.56. The van der Waals surface area contributed by atoms with Crippen LogP contribution in [0.2, 0.25) is 0 Å². The number of imidazole rings is 1. The molecule has 18 heavy (non-hydrogen) atoms. The van der Waals surface area contributed by atoms with Crippen LogP contribution in [0.5, 0.6) is 0 Å². The van der Waals surface area contributed by atoms with Gasteiger partial charge in [0.15, 0.2) is 0 Å². The number of aryl methyl sites for hydroxylation is 2. The number of rotatable bonds is 4. The lowest BCUT2D eigenvalue weighted by molar-refractivity contribution is 0.723. The van der Waals surface area contributed by atoms with Crippen LogP contribution in [0.15, 0.2) is 30.7 Å². The van der Waals surface area contributed by atoms with Gasteiger partial charge in [0.1, 0.15) is 0 Å². The fraction of sp³-hybridized carbons (Fsp3) is 0.400. The Morgan fingerprint density at radius 1 is 1.28 bits per heavy atom. The van der Waals surface area contributed by atoms with Gasteiger partial charge in [-0.3, -0.25) is 0 Å². The summed E-state index contributed by atoms with van der Waals surface area (Å²) in [5.41, 5.74) is 10.9. The fourth-order valence-corrected chi connectivity index (χ4v) is 2.21. The third kappa shape index (κ3) is 2.99. The van der Waals surface area contributed by atoms with Gasteiger partial charge in [-0.1, -0.05) is 18.2 Å². The Bertz CT molecular complexity index is 506. The first kappa shape index (κ1) is 12.8. The predicted molar refractivity (Wildman–Crippen MR) is 74.6 cm³/mol. The van der Waals surface area contributed by atoms with Crippen LogP contribution in [0.4, 0.5) is 0 Å². The second kappa shape index (κ2) is 5.36. The van der Waals surface area contributed by atoms with Crippen LogP contribution in [-0.2, 0) is 13.0 Å². The summed E-state index contributed by atoms with van der Waals surface area (Å²) in [6.07, 6.45) is 4.82. The van der Waals surface area contributed by atoms with Gasteiger partial charge in [-0.05, 0) is 37.5 Å². The molecule has 96 valence electrons. The fourth-order valence-electron chi connectivity index (χ4n) is 2.21. The van der Waals surface area contributed by atoms with E-state index in [-0.39, 0.29) is 6.04 Å². The zero-order valence-corrected chi connectivity index (χ0v) is 11.4. The van der Waals surface area contributed by atoms with Gasteiger partial charge in [-0.15, -0.1) is 0 Å². The zero-order valence-electron chi connectivity index (χ0n) is 11.4. The topological polar surface area (TPSA) is 43.8 Å². The molecule has 3 nitrogen and oxygen atoms in total. The molecule has 0 saturated carbocycles. The summed E-state index contributed by atoms with van der Waals surface area (Å²) in [6.45, 7) is 7.19. The van der Waals surface area contributed by atoms with Gasteiger partial charge < -0.3 is 10.3 Å². The van der Waals surface area contributed by atoms with Crippen LogP contribution in [0.1, 0.15) is 29.3 Å². The van der Waals surface area contributed by atoms with Crippen molar-refractivity contribution in [1.29, 1.82) is 0 Å². The molecule has 0 bridgehead atoms. The molecule has 0 aliphatic rings. The Balaban J connectivity index is 2.16. The largest absolute Gasteiger partial charge is 0.333 e. The Morgan fingerprint density at radius 3 is 2.56 bits per heavy atom. The van der Waals surface area contributed by atoms with E-state index < -0.39 is 0 Å². The highest BCUT2D eigenvalue weighted by Gasteiger charge is 2.05. The second-order valence-corrected chi connectivity index (χ2v) is 5.09. The van der Waals surface area contributed by atoms with Crippen LogP contribution in [0.3, 0.4) is 0 Å². The number of benzene rings is 1. The minimum absolute atomic E-state index is 0.161. The van der Waals surface area contributed by atoms with Crippen LogP contribution in [0.25, 0.3) is 0 Å². The second-order valence-electron chi connectivity index (χ2n) is 5.09. The maximum atomic E-state index is 5.79. The highest BCUT2D eigenvalue weighted by Crippen LogP contribution is 2.15. The van der Waals surface area contributed by atoms with Gasteiger partial charge >= 0.3 is 0 Å². The number of hydrogen-bond acceptors (Lipinski definition) is 2. The molecule has 3 heteroatoms. The molecule has 0 fully saturated rings. The summed E-state index contributed by atoms with van der Waals surface area (Å²) < 4.78 is 2.13. The highest BCUT2D eigenvalue weighted by molar-refractivity contribution is 5.33. The number of nitrogens with zero attached hydrogens (tertiary/aromatic N) is 2. The van der Waals surface area contributed by atoms with Crippen LogP contribution < -0.4 is 5.73 Å². The number of nitrogens with two attached hydrogens (primary N) is 1. The molecule has 0 spiro atoms. The molecule has 0 saturated heterocycles. The van der Waals surface area contributed by atoms with E-state index in [0.29, 0.717) is 0 Å². The van der Waals surface area contributed by atoms with Crippen molar-refractivity contribution in [3.8, 4) is 0 Å². The lowest BCUT2D eigenvalue weighted by atomic mass is 10.0. The SMILES string of the molecule is Cc1cccc(C)c1Cn1cnc(CC(C)N)c1. The first-order valence-electron chi connectivity index (χ1n) is 6.37. The van der Waals surface area contributed by atoms with Gasteiger partial charge in [0, 0.05) is 25.2 Å². The number of hydrogen-bond donors (Lipinski definition) is 1. The Kier molecular flexibility index (Phi) is 3.82. The van der Waals surface area contributed by atoms with Gasteiger partial charge in [-0.2, -0.15) is 0 Å². The van der Waals surface area contributed by atoms with Crippen molar-refractivity contribution in [2.24, 2.45) is 5.73 Å². The molecule has 1 heterocycles. The van der Waals surface area contributed by atoms with Crippen molar-refractivity contribution in [1.82, 2.24) is 9.55 Å². The van der Waals surface area contributed by atoms with Crippen molar-refractivity contribution in [3.63, 3.8) is 0 Å². The van der Waals surface area contributed by atoms with Crippen molar-refractivity contribution < 1.29 is 0 Å². The van der Waals surface area contributed by atoms with Crippen LogP contribution in [-0.4, -0.2) is 15.6 Å². The molecule has 1 unspecified atom stereocenters. The Labute approximate surface area is 109 Å². The quantitative estimate of drug-likeness (QED) is 0.896. The maximum Gasteiger partial charge on any atom is 0.0952 e. The molecule has 1 aromatic heterocycles. The molecular weight excluding hydrogens is 222 g/mol. The van der Waals surface area contributed by atoms with Gasteiger partial charge in [0.25, 0.3) is 0 Å². The van der Waals surface area contributed by atoms with E-state index in [1.807, 2.05) is 13.3 Å². The molecule has 2 aromatic rings. The summed E-state index contributed by atoms with van der Waals surface area (Å²) in [7, 11) is 0. The normalized spacial score (nSPS) is 12.7. The third-order valence-electron chi connectivity index (χ3n) is 3.20. The van der Waals surface area contributed by atoms with Crippen molar-refractivity contribution >= 4 is 0 Å². The molecule has 1 atom stereocenters. The van der Waals surface area contributed by atoms with Gasteiger partial charge in [0.05, 0.1) is 12.0 Å². The highest BCUT2D eigenvalue weighted by atomic mass is 15.0. The Hall–Kier alpha value is -1.61. The van der Waals surface area contributed by atoms with E-state index in [0.717, 1.165) is 18.7 Å². The predicted octanol–water partition coefficient (Wildman–Crippen LogP) is 2.44. The van der Waals surface area contributed by atoms with E-state index in [4.69, 9.17) is 5.73 Å². The molecule has 2 N–H and O–H groups in total. The van der Waals surface area contributed by atoms with E-state index >= 15 is 0 Å². The van der Waals surface area contributed by atoms with Crippen LogP contribution >= 0.6 is 0 Å². The van der Waals surface area contributed by atoms with Crippen molar-refractivity contribution in [3.05, 3.63) is 53.1 Å². The minimum atomic E-state index is 0.161. The van der Waals surface area contributed by atoms with E-state index in [1.165, 1.54) is 16.7 Å². The summed E-state index contributed by atoms with van der Waals surface area (Å²) >= 11 is 0.